The van der Waals surface area contributed by atoms with E-state index in [4.69, 9.17) is 0 Å². The van der Waals surface area contributed by atoms with Gasteiger partial charge in [-0.3, -0.25) is 0 Å². The van der Waals surface area contributed by atoms with Crippen LogP contribution in [0.2, 0.25) is 0 Å². The summed E-state index contributed by atoms with van der Waals surface area (Å²) in [7, 11) is -9.50. The second-order valence-electron chi connectivity index (χ2n) is 3.78. The van der Waals surface area contributed by atoms with Gasteiger partial charge >= 0.3 is 0 Å². The lowest BCUT2D eigenvalue weighted by atomic mass is 9.97. The van der Waals surface area contributed by atoms with Gasteiger partial charge < -0.3 is 0 Å². The Kier molecular flexibility index (Phi) is 1.87. The second-order valence-corrected chi connectivity index (χ2v) is 6.35. The van der Waals surface area contributed by atoms with Crippen LogP contribution in [0.1, 0.15) is 16.4 Å². The zero-order valence-corrected chi connectivity index (χ0v) is 8.86. The van der Waals surface area contributed by atoms with Crippen LogP contribution in [0.25, 0.3) is 0 Å². The number of allylic oxidation sites excluding steroid dienone is 1. The highest BCUT2D eigenvalue weighted by Gasteiger charge is 2.70. The number of halogens is 5. The summed E-state index contributed by atoms with van der Waals surface area (Å²) in [5.41, 5.74) is -0.0209. The van der Waals surface area contributed by atoms with Gasteiger partial charge in [0.15, 0.2) is 0 Å². The Labute approximate surface area is 89.5 Å². The third kappa shape index (κ3) is 2.07. The summed E-state index contributed by atoms with van der Waals surface area (Å²) in [5, 5.41) is -2.75. The van der Waals surface area contributed by atoms with Crippen molar-refractivity contribution in [1.82, 2.24) is 0 Å². The summed E-state index contributed by atoms with van der Waals surface area (Å²) in [6.07, 6.45) is 1.97. The van der Waals surface area contributed by atoms with Crippen LogP contribution in [0.4, 0.5) is 19.4 Å². The normalized spacial score (nSPS) is 24.4. The first kappa shape index (κ1) is 11.4. The molecule has 2 rings (SSSR count). The molecule has 0 aromatic heterocycles. The van der Waals surface area contributed by atoms with Gasteiger partial charge in [-0.15, -0.1) is 0 Å². The molecular formula is C10H9F5S. The third-order valence-electron chi connectivity index (χ3n) is 2.49. The molecule has 1 atom stereocenters. The maximum atomic E-state index is 12.7. The van der Waals surface area contributed by atoms with Gasteiger partial charge in [-0.05, 0) is 17.5 Å². The molecule has 1 aromatic carbocycles. The van der Waals surface area contributed by atoms with Crippen molar-refractivity contribution in [3.63, 3.8) is 0 Å². The molecule has 16 heavy (non-hydrogen) atoms. The first-order valence-electron chi connectivity index (χ1n) is 4.55. The average molecular weight is 256 g/mol. The predicted octanol–water partition coefficient (Wildman–Crippen LogP) is 5.14. The van der Waals surface area contributed by atoms with Crippen molar-refractivity contribution in [3.8, 4) is 0 Å². The molecule has 0 amide bonds. The monoisotopic (exact) mass is 256 g/mol. The van der Waals surface area contributed by atoms with Crippen molar-refractivity contribution in [3.05, 3.63) is 47.5 Å². The standard InChI is InChI=1S/C10H9F5S/c11-16(12,13,14,15)10-7-3-5-8-4-1-2-6-9(8)10/h1-4,6-7,10H,5H2. The highest BCUT2D eigenvalue weighted by molar-refractivity contribution is 8.46. The molecule has 0 spiro atoms. The van der Waals surface area contributed by atoms with Crippen LogP contribution in [-0.2, 0) is 6.42 Å². The van der Waals surface area contributed by atoms with Crippen LogP contribution >= 0.6 is 10.2 Å². The molecule has 0 radical (unpaired) electrons. The highest BCUT2D eigenvalue weighted by atomic mass is 32.5. The van der Waals surface area contributed by atoms with Gasteiger partial charge in [0.1, 0.15) is 5.25 Å². The van der Waals surface area contributed by atoms with Gasteiger partial charge in [0.2, 0.25) is 0 Å². The van der Waals surface area contributed by atoms with Crippen LogP contribution in [-0.4, -0.2) is 0 Å². The molecule has 1 aliphatic rings. The smallest absolute Gasteiger partial charge is 0.0969 e. The minimum absolute atomic E-state index is 0.264. The van der Waals surface area contributed by atoms with Crippen molar-refractivity contribution in [2.75, 3.05) is 0 Å². The fourth-order valence-electron chi connectivity index (χ4n) is 1.81. The van der Waals surface area contributed by atoms with Gasteiger partial charge in [-0.25, -0.2) is 0 Å². The molecule has 0 aliphatic heterocycles. The van der Waals surface area contributed by atoms with Crippen LogP contribution in [0, 0.1) is 0 Å². The SMILES string of the molecule is FS(F)(F)(F)(F)C1C=CCc2ccccc21. The van der Waals surface area contributed by atoms with Crippen molar-refractivity contribution in [2.24, 2.45) is 0 Å². The Balaban J connectivity index is 2.62. The molecule has 1 unspecified atom stereocenters. The van der Waals surface area contributed by atoms with E-state index in [1.165, 1.54) is 12.1 Å². The third-order valence-corrected chi connectivity index (χ3v) is 3.86. The number of rotatable bonds is 1. The summed E-state index contributed by atoms with van der Waals surface area (Å²) in [6, 6.07) is 5.44. The predicted molar refractivity (Wildman–Crippen MR) is 55.2 cm³/mol. The van der Waals surface area contributed by atoms with Crippen molar-refractivity contribution in [2.45, 2.75) is 11.7 Å². The van der Waals surface area contributed by atoms with Crippen LogP contribution in [0.15, 0.2) is 36.4 Å². The van der Waals surface area contributed by atoms with Crippen LogP contribution < -0.4 is 0 Å². The van der Waals surface area contributed by atoms with E-state index in [0.29, 0.717) is 11.6 Å². The molecule has 0 heterocycles. The Bertz CT molecular complexity index is 459. The maximum Gasteiger partial charge on any atom is 0.294 e. The minimum Gasteiger partial charge on any atom is -0.0969 e. The molecule has 0 fully saturated rings. The Morgan fingerprint density at radius 2 is 1.62 bits per heavy atom. The van der Waals surface area contributed by atoms with Gasteiger partial charge in [-0.2, -0.15) is 0 Å². The Morgan fingerprint density at radius 3 is 2.25 bits per heavy atom. The van der Waals surface area contributed by atoms with E-state index in [0.717, 1.165) is 12.1 Å². The lowest BCUT2D eigenvalue weighted by molar-refractivity contribution is 0.352. The second kappa shape index (κ2) is 2.61. The van der Waals surface area contributed by atoms with Gasteiger partial charge in [-0.1, -0.05) is 55.8 Å². The Morgan fingerprint density at radius 1 is 1.00 bits per heavy atom. The fraction of sp³-hybridized carbons (Fsp3) is 0.200. The quantitative estimate of drug-likeness (QED) is 0.482. The van der Waals surface area contributed by atoms with Crippen LogP contribution in [0.5, 0.6) is 0 Å². The summed E-state index contributed by atoms with van der Waals surface area (Å²) in [6.45, 7) is 0. The van der Waals surface area contributed by atoms with Gasteiger partial charge in [0, 0.05) is 0 Å². The molecule has 1 aromatic rings. The molecule has 0 bridgehead atoms. The summed E-state index contributed by atoms with van der Waals surface area (Å²) in [4.78, 5) is 0. The van der Waals surface area contributed by atoms with Crippen molar-refractivity contribution < 1.29 is 19.4 Å². The van der Waals surface area contributed by atoms with Crippen LogP contribution in [0.3, 0.4) is 0 Å². The fourth-order valence-corrected chi connectivity index (χ4v) is 2.93. The number of fused-ring (bicyclic) bond motifs is 1. The molecule has 0 saturated carbocycles. The topological polar surface area (TPSA) is 0 Å². The average Bonchev–Trinajstić information content (AvgIpc) is 2.13. The molecular weight excluding hydrogens is 247 g/mol. The Hall–Kier alpha value is -1.04. The van der Waals surface area contributed by atoms with Gasteiger partial charge in [0.05, 0.1) is 0 Å². The lowest BCUT2D eigenvalue weighted by Crippen LogP contribution is -2.19. The van der Waals surface area contributed by atoms with E-state index in [1.807, 2.05) is 0 Å². The van der Waals surface area contributed by atoms with E-state index in [-0.39, 0.29) is 12.0 Å². The number of hydrogen-bond acceptors (Lipinski definition) is 0. The minimum atomic E-state index is -9.50. The largest absolute Gasteiger partial charge is 0.294 e. The zero-order valence-electron chi connectivity index (χ0n) is 8.05. The lowest BCUT2D eigenvalue weighted by Gasteiger charge is -2.47. The molecule has 6 heteroatoms. The van der Waals surface area contributed by atoms with E-state index < -0.39 is 15.5 Å². The van der Waals surface area contributed by atoms with E-state index in [9.17, 15) is 19.4 Å². The number of benzene rings is 1. The van der Waals surface area contributed by atoms with Crippen molar-refractivity contribution in [1.29, 1.82) is 0 Å². The molecule has 1 aliphatic carbocycles. The first-order chi connectivity index (χ1) is 7.08. The van der Waals surface area contributed by atoms with Crippen molar-refractivity contribution >= 4 is 10.2 Å². The first-order valence-corrected chi connectivity index (χ1v) is 6.57. The summed E-state index contributed by atoms with van der Waals surface area (Å²) >= 11 is 0. The molecule has 90 valence electrons. The zero-order chi connectivity index (χ0) is 12.1. The summed E-state index contributed by atoms with van der Waals surface area (Å²) in [5.74, 6) is 0. The molecule has 0 saturated heterocycles. The maximum absolute atomic E-state index is 12.7. The number of hydrogen-bond donors (Lipinski definition) is 0. The van der Waals surface area contributed by atoms with Gasteiger partial charge in [0.25, 0.3) is 10.2 Å². The van der Waals surface area contributed by atoms with E-state index >= 15 is 0 Å². The molecule has 0 N–H and O–H groups in total. The van der Waals surface area contributed by atoms with E-state index in [1.54, 1.807) is 6.07 Å². The molecule has 0 nitrogen and oxygen atoms in total. The van der Waals surface area contributed by atoms with E-state index in [2.05, 4.69) is 0 Å². The summed E-state index contributed by atoms with van der Waals surface area (Å²) < 4.78 is 63.6. The highest BCUT2D eigenvalue weighted by Crippen LogP contribution is 3.04.